The van der Waals surface area contributed by atoms with Crippen LogP contribution in [0.5, 0.6) is 0 Å². The number of esters is 1. The SMILES string of the molecule is C=C1C[C@@]23CC[C@@H]4[C@@](C)(CCC[C@@]4(C)C(=O)OC)[C@@H]2CC[C@@H]1C3. The molecule has 4 aliphatic rings. The number of rotatable bonds is 1. The lowest BCUT2D eigenvalue weighted by atomic mass is 9.41. The lowest BCUT2D eigenvalue weighted by Crippen LogP contribution is -2.58. The van der Waals surface area contributed by atoms with Gasteiger partial charge in [0.15, 0.2) is 0 Å². The largest absolute Gasteiger partial charge is 0.469 e. The van der Waals surface area contributed by atoms with Crippen molar-refractivity contribution < 1.29 is 9.53 Å². The summed E-state index contributed by atoms with van der Waals surface area (Å²) in [5, 5.41) is 0. The Balaban J connectivity index is 1.73. The van der Waals surface area contributed by atoms with Crippen molar-refractivity contribution >= 4 is 5.97 Å². The predicted molar refractivity (Wildman–Crippen MR) is 91.8 cm³/mol. The summed E-state index contributed by atoms with van der Waals surface area (Å²) in [7, 11) is 1.57. The van der Waals surface area contributed by atoms with Gasteiger partial charge in [0.25, 0.3) is 0 Å². The summed E-state index contributed by atoms with van der Waals surface area (Å²) in [6.07, 6.45) is 11.3. The second-order valence-electron chi connectivity index (χ2n) is 9.59. The minimum atomic E-state index is -0.268. The molecule has 0 heterocycles. The van der Waals surface area contributed by atoms with Crippen LogP contribution in [0.3, 0.4) is 0 Å². The molecule has 4 rings (SSSR count). The number of hydrogen-bond acceptors (Lipinski definition) is 2. The molecule has 0 radical (unpaired) electrons. The fraction of sp³-hybridized carbons (Fsp3) is 0.857. The first-order valence-electron chi connectivity index (χ1n) is 9.62. The Hall–Kier alpha value is -0.790. The Morgan fingerprint density at radius 2 is 1.91 bits per heavy atom. The Morgan fingerprint density at radius 1 is 1.13 bits per heavy atom. The number of methoxy groups -OCH3 is 1. The maximum atomic E-state index is 12.6. The second-order valence-corrected chi connectivity index (χ2v) is 9.59. The standard InChI is InChI=1S/C21H32O2/c1-14-12-21-11-8-16-19(2,17(21)7-6-15(14)13-21)9-5-10-20(16,3)18(22)23-4/h15-17H,1,5-13H2,2-4H3/t15-,16-,17+,19-,20-,21-/m1/s1. The molecule has 4 aliphatic carbocycles. The molecule has 0 aliphatic heterocycles. The average Bonchev–Trinajstić information content (AvgIpc) is 2.75. The topological polar surface area (TPSA) is 26.3 Å². The molecule has 0 saturated heterocycles. The first kappa shape index (κ1) is 15.7. The highest BCUT2D eigenvalue weighted by Gasteiger charge is 2.65. The molecule has 0 amide bonds. The summed E-state index contributed by atoms with van der Waals surface area (Å²) in [4.78, 5) is 12.6. The quantitative estimate of drug-likeness (QED) is 0.495. The fourth-order valence-electron chi connectivity index (χ4n) is 7.83. The van der Waals surface area contributed by atoms with Gasteiger partial charge in [0.1, 0.15) is 0 Å². The van der Waals surface area contributed by atoms with Crippen LogP contribution in [-0.4, -0.2) is 13.1 Å². The number of ether oxygens (including phenoxy) is 1. The number of carbonyl (C=O) groups excluding carboxylic acids is 1. The van der Waals surface area contributed by atoms with E-state index < -0.39 is 0 Å². The van der Waals surface area contributed by atoms with Crippen LogP contribution >= 0.6 is 0 Å². The van der Waals surface area contributed by atoms with Crippen LogP contribution in [0, 0.1) is 34.0 Å². The minimum absolute atomic E-state index is 0.0360. The van der Waals surface area contributed by atoms with E-state index in [4.69, 9.17) is 4.74 Å². The van der Waals surface area contributed by atoms with Crippen molar-refractivity contribution in [3.8, 4) is 0 Å². The van der Waals surface area contributed by atoms with E-state index in [-0.39, 0.29) is 11.4 Å². The second kappa shape index (κ2) is 4.86. The van der Waals surface area contributed by atoms with Gasteiger partial charge in [0, 0.05) is 0 Å². The zero-order chi connectivity index (χ0) is 16.5. The molecule has 0 aromatic rings. The minimum Gasteiger partial charge on any atom is -0.469 e. The van der Waals surface area contributed by atoms with Crippen molar-refractivity contribution in [3.63, 3.8) is 0 Å². The van der Waals surface area contributed by atoms with Gasteiger partial charge in [-0.1, -0.05) is 25.5 Å². The molecule has 2 heteroatoms. The Bertz CT molecular complexity index is 552. The number of carbonyl (C=O) groups is 1. The third kappa shape index (κ3) is 1.90. The van der Waals surface area contributed by atoms with Gasteiger partial charge in [-0.15, -0.1) is 0 Å². The zero-order valence-corrected chi connectivity index (χ0v) is 15.1. The van der Waals surface area contributed by atoms with Crippen molar-refractivity contribution in [2.75, 3.05) is 7.11 Å². The third-order valence-electron chi connectivity index (χ3n) is 8.71. The highest BCUT2D eigenvalue weighted by Crippen LogP contribution is 2.72. The Labute approximate surface area is 141 Å². The van der Waals surface area contributed by atoms with E-state index >= 15 is 0 Å². The Kier molecular flexibility index (Phi) is 3.32. The van der Waals surface area contributed by atoms with Crippen LogP contribution in [0.15, 0.2) is 12.2 Å². The zero-order valence-electron chi connectivity index (χ0n) is 15.1. The van der Waals surface area contributed by atoms with Gasteiger partial charge in [-0.2, -0.15) is 0 Å². The molecular formula is C21H32O2. The van der Waals surface area contributed by atoms with Gasteiger partial charge >= 0.3 is 5.97 Å². The summed E-state index contributed by atoms with van der Waals surface area (Å²) in [6, 6.07) is 0. The van der Waals surface area contributed by atoms with Gasteiger partial charge < -0.3 is 4.74 Å². The number of fused-ring (bicyclic) bond motifs is 3. The molecule has 0 aromatic heterocycles. The van der Waals surface area contributed by atoms with E-state index in [1.807, 2.05) is 0 Å². The molecule has 0 N–H and O–H groups in total. The van der Waals surface area contributed by atoms with E-state index in [0.717, 1.165) is 18.3 Å². The molecule has 2 bridgehead atoms. The van der Waals surface area contributed by atoms with Crippen LogP contribution < -0.4 is 0 Å². The fourth-order valence-corrected chi connectivity index (χ4v) is 7.83. The molecule has 4 fully saturated rings. The lowest BCUT2D eigenvalue weighted by Gasteiger charge is -2.63. The monoisotopic (exact) mass is 316 g/mol. The molecule has 1 spiro atoms. The molecular weight excluding hydrogens is 284 g/mol. The van der Waals surface area contributed by atoms with Crippen LogP contribution in [0.4, 0.5) is 0 Å². The molecule has 0 unspecified atom stereocenters. The predicted octanol–water partition coefficient (Wildman–Crippen LogP) is 5.13. The highest BCUT2D eigenvalue weighted by molar-refractivity contribution is 5.77. The van der Waals surface area contributed by atoms with Crippen LogP contribution in [0.25, 0.3) is 0 Å². The third-order valence-corrected chi connectivity index (χ3v) is 8.71. The summed E-state index contributed by atoms with van der Waals surface area (Å²) >= 11 is 0. The van der Waals surface area contributed by atoms with Gasteiger partial charge in [0.05, 0.1) is 12.5 Å². The van der Waals surface area contributed by atoms with Crippen LogP contribution in [0.2, 0.25) is 0 Å². The van der Waals surface area contributed by atoms with Gasteiger partial charge in [0.2, 0.25) is 0 Å². The Morgan fingerprint density at radius 3 is 2.65 bits per heavy atom. The van der Waals surface area contributed by atoms with Crippen molar-refractivity contribution in [2.24, 2.45) is 34.0 Å². The summed E-state index contributed by atoms with van der Waals surface area (Å²) in [6.45, 7) is 9.12. The van der Waals surface area contributed by atoms with E-state index in [1.165, 1.54) is 56.9 Å². The van der Waals surface area contributed by atoms with Crippen molar-refractivity contribution in [3.05, 3.63) is 12.2 Å². The maximum absolute atomic E-state index is 12.6. The molecule has 128 valence electrons. The van der Waals surface area contributed by atoms with Crippen molar-refractivity contribution in [1.29, 1.82) is 0 Å². The average molecular weight is 316 g/mol. The first-order valence-corrected chi connectivity index (χ1v) is 9.62. The van der Waals surface area contributed by atoms with Crippen molar-refractivity contribution in [2.45, 2.75) is 71.6 Å². The van der Waals surface area contributed by atoms with Crippen LogP contribution in [-0.2, 0) is 9.53 Å². The molecule has 2 nitrogen and oxygen atoms in total. The van der Waals surface area contributed by atoms with Gasteiger partial charge in [-0.25, -0.2) is 0 Å². The number of hydrogen-bond donors (Lipinski definition) is 0. The summed E-state index contributed by atoms with van der Waals surface area (Å²) < 4.78 is 5.25. The van der Waals surface area contributed by atoms with E-state index in [2.05, 4.69) is 20.4 Å². The number of allylic oxidation sites excluding steroid dienone is 1. The summed E-state index contributed by atoms with van der Waals surface area (Å²) in [5.41, 5.74) is 2.09. The first-order chi connectivity index (χ1) is 10.9. The van der Waals surface area contributed by atoms with E-state index in [0.29, 0.717) is 16.7 Å². The van der Waals surface area contributed by atoms with Gasteiger partial charge in [-0.05, 0) is 86.9 Å². The smallest absolute Gasteiger partial charge is 0.311 e. The lowest BCUT2D eigenvalue weighted by molar-refractivity contribution is -0.183. The molecule has 23 heavy (non-hydrogen) atoms. The molecule has 4 saturated carbocycles. The normalized spacial score (nSPS) is 51.8. The molecule has 6 atom stereocenters. The maximum Gasteiger partial charge on any atom is 0.311 e. The van der Waals surface area contributed by atoms with E-state index in [9.17, 15) is 4.79 Å². The van der Waals surface area contributed by atoms with Gasteiger partial charge in [-0.3, -0.25) is 4.79 Å². The van der Waals surface area contributed by atoms with Crippen molar-refractivity contribution in [1.82, 2.24) is 0 Å². The van der Waals surface area contributed by atoms with E-state index in [1.54, 1.807) is 7.11 Å². The summed E-state index contributed by atoms with van der Waals surface area (Å²) in [5.74, 6) is 2.11. The highest BCUT2D eigenvalue weighted by atomic mass is 16.5. The van der Waals surface area contributed by atoms with Crippen LogP contribution in [0.1, 0.15) is 71.6 Å². The molecule has 0 aromatic carbocycles.